The van der Waals surface area contributed by atoms with Gasteiger partial charge in [0.2, 0.25) is 0 Å². The van der Waals surface area contributed by atoms with E-state index in [0.29, 0.717) is 5.92 Å². The second kappa shape index (κ2) is 7.60. The first-order valence-corrected chi connectivity index (χ1v) is 10.0. The standard InChI is InChI=1S/C21H30N4O2/c1-21(2,3)25-20(22-19(23-25)16-8-12-26-13-9-16)17-6-4-5-7-18(17)24-10-14-27-15-11-24/h4-7,16H,8-15H2,1-3H3. The lowest BCUT2D eigenvalue weighted by atomic mass is 10.00. The predicted molar refractivity (Wildman–Crippen MR) is 106 cm³/mol. The maximum atomic E-state index is 5.54. The monoisotopic (exact) mass is 370 g/mol. The van der Waals surface area contributed by atoms with Gasteiger partial charge in [0.25, 0.3) is 0 Å². The Morgan fingerprint density at radius 2 is 1.63 bits per heavy atom. The van der Waals surface area contributed by atoms with Crippen LogP contribution in [-0.2, 0) is 15.0 Å². The van der Waals surface area contributed by atoms with Crippen LogP contribution in [0.1, 0.15) is 45.4 Å². The lowest BCUT2D eigenvalue weighted by Gasteiger charge is -2.31. The summed E-state index contributed by atoms with van der Waals surface area (Å²) in [5.41, 5.74) is 2.24. The van der Waals surface area contributed by atoms with E-state index in [9.17, 15) is 0 Å². The molecule has 2 aliphatic rings. The number of aromatic nitrogens is 3. The van der Waals surface area contributed by atoms with Gasteiger partial charge in [-0.25, -0.2) is 9.67 Å². The van der Waals surface area contributed by atoms with Crippen LogP contribution >= 0.6 is 0 Å². The van der Waals surface area contributed by atoms with Crippen molar-refractivity contribution in [1.29, 1.82) is 0 Å². The highest BCUT2D eigenvalue weighted by Gasteiger charge is 2.28. The normalized spacial score (nSPS) is 19.4. The van der Waals surface area contributed by atoms with Gasteiger partial charge in [-0.1, -0.05) is 12.1 Å². The first kappa shape index (κ1) is 18.4. The van der Waals surface area contributed by atoms with Gasteiger partial charge in [0, 0.05) is 43.5 Å². The van der Waals surface area contributed by atoms with E-state index in [2.05, 4.69) is 54.6 Å². The zero-order valence-corrected chi connectivity index (χ0v) is 16.6. The molecule has 0 N–H and O–H groups in total. The average molecular weight is 370 g/mol. The number of para-hydroxylation sites is 1. The van der Waals surface area contributed by atoms with Crippen LogP contribution in [0.15, 0.2) is 24.3 Å². The smallest absolute Gasteiger partial charge is 0.161 e. The molecule has 1 aromatic heterocycles. The van der Waals surface area contributed by atoms with E-state index in [0.717, 1.165) is 69.6 Å². The summed E-state index contributed by atoms with van der Waals surface area (Å²) in [5, 5.41) is 4.97. The van der Waals surface area contributed by atoms with Crippen LogP contribution in [-0.4, -0.2) is 54.3 Å². The van der Waals surface area contributed by atoms with Crippen LogP contribution < -0.4 is 4.90 Å². The molecule has 2 aliphatic heterocycles. The summed E-state index contributed by atoms with van der Waals surface area (Å²) in [6, 6.07) is 8.56. The van der Waals surface area contributed by atoms with Gasteiger partial charge in [-0.2, -0.15) is 5.10 Å². The van der Waals surface area contributed by atoms with Gasteiger partial charge in [0.05, 0.1) is 18.8 Å². The van der Waals surface area contributed by atoms with Crippen molar-refractivity contribution in [2.45, 2.75) is 45.1 Å². The summed E-state index contributed by atoms with van der Waals surface area (Å²) in [7, 11) is 0. The molecule has 2 saturated heterocycles. The third kappa shape index (κ3) is 3.87. The fraction of sp³-hybridized carbons (Fsp3) is 0.619. The number of rotatable bonds is 3. The van der Waals surface area contributed by atoms with Gasteiger partial charge in [0.1, 0.15) is 0 Å². The zero-order valence-electron chi connectivity index (χ0n) is 16.6. The van der Waals surface area contributed by atoms with Gasteiger partial charge in [-0.05, 0) is 45.7 Å². The average Bonchev–Trinajstić information content (AvgIpc) is 3.15. The third-order valence-corrected chi connectivity index (χ3v) is 5.34. The van der Waals surface area contributed by atoms with Crippen LogP contribution in [0.25, 0.3) is 11.4 Å². The molecule has 0 spiro atoms. The van der Waals surface area contributed by atoms with Gasteiger partial charge in [0.15, 0.2) is 11.6 Å². The van der Waals surface area contributed by atoms with Crippen molar-refractivity contribution in [3.8, 4) is 11.4 Å². The Kier molecular flexibility index (Phi) is 5.19. The predicted octanol–water partition coefficient (Wildman–Crippen LogP) is 3.43. The van der Waals surface area contributed by atoms with Crippen LogP contribution in [0, 0.1) is 0 Å². The number of morpholine rings is 1. The molecule has 0 unspecified atom stereocenters. The Hall–Kier alpha value is -1.92. The number of hydrogen-bond acceptors (Lipinski definition) is 5. The van der Waals surface area contributed by atoms with Crippen molar-refractivity contribution >= 4 is 5.69 Å². The van der Waals surface area contributed by atoms with Gasteiger partial charge < -0.3 is 14.4 Å². The summed E-state index contributed by atoms with van der Waals surface area (Å²) < 4.78 is 13.2. The Labute approximate surface area is 161 Å². The Balaban J connectivity index is 1.77. The molecular weight excluding hydrogens is 340 g/mol. The van der Waals surface area contributed by atoms with Crippen molar-refractivity contribution in [2.75, 3.05) is 44.4 Å². The van der Waals surface area contributed by atoms with Gasteiger partial charge >= 0.3 is 0 Å². The lowest BCUT2D eigenvalue weighted by Crippen LogP contribution is -2.36. The minimum Gasteiger partial charge on any atom is -0.381 e. The molecule has 6 heteroatoms. The molecule has 3 heterocycles. The van der Waals surface area contributed by atoms with Crippen LogP contribution in [0.5, 0.6) is 0 Å². The maximum absolute atomic E-state index is 5.54. The summed E-state index contributed by atoms with van der Waals surface area (Å²) in [5.74, 6) is 2.31. The Morgan fingerprint density at radius 1 is 0.963 bits per heavy atom. The van der Waals surface area contributed by atoms with E-state index >= 15 is 0 Å². The minimum atomic E-state index is -0.135. The topological polar surface area (TPSA) is 52.4 Å². The number of ether oxygens (including phenoxy) is 2. The molecule has 0 saturated carbocycles. The van der Waals surface area contributed by atoms with E-state index in [1.807, 2.05) is 0 Å². The highest BCUT2D eigenvalue weighted by atomic mass is 16.5. The molecule has 0 radical (unpaired) electrons. The second-order valence-corrected chi connectivity index (χ2v) is 8.38. The number of anilines is 1. The summed E-state index contributed by atoms with van der Waals surface area (Å²) in [6.07, 6.45) is 2.00. The Morgan fingerprint density at radius 3 is 2.33 bits per heavy atom. The quantitative estimate of drug-likeness (QED) is 0.828. The number of hydrogen-bond donors (Lipinski definition) is 0. The Bertz CT molecular complexity index is 769. The van der Waals surface area contributed by atoms with Crippen molar-refractivity contribution < 1.29 is 9.47 Å². The highest BCUT2D eigenvalue weighted by molar-refractivity contribution is 5.75. The van der Waals surface area contributed by atoms with E-state index in [1.165, 1.54) is 5.69 Å². The molecule has 1 aromatic carbocycles. The number of benzene rings is 1. The molecule has 27 heavy (non-hydrogen) atoms. The van der Waals surface area contributed by atoms with Crippen LogP contribution in [0.3, 0.4) is 0 Å². The molecule has 2 fully saturated rings. The van der Waals surface area contributed by atoms with Gasteiger partial charge in [-0.3, -0.25) is 0 Å². The molecule has 4 rings (SSSR count). The molecule has 0 amide bonds. The van der Waals surface area contributed by atoms with Crippen molar-refractivity contribution in [2.24, 2.45) is 0 Å². The fourth-order valence-electron chi connectivity index (χ4n) is 3.84. The number of nitrogens with zero attached hydrogens (tertiary/aromatic N) is 4. The molecule has 2 aromatic rings. The van der Waals surface area contributed by atoms with Gasteiger partial charge in [-0.15, -0.1) is 0 Å². The molecular formula is C21H30N4O2. The van der Waals surface area contributed by atoms with Crippen molar-refractivity contribution in [3.05, 3.63) is 30.1 Å². The molecule has 0 atom stereocenters. The second-order valence-electron chi connectivity index (χ2n) is 8.38. The van der Waals surface area contributed by atoms with Crippen LogP contribution in [0.2, 0.25) is 0 Å². The van der Waals surface area contributed by atoms with E-state index in [1.54, 1.807) is 0 Å². The maximum Gasteiger partial charge on any atom is 0.161 e. The summed E-state index contributed by atoms with van der Waals surface area (Å²) in [6.45, 7) is 11.5. The largest absolute Gasteiger partial charge is 0.381 e. The van der Waals surface area contributed by atoms with Crippen molar-refractivity contribution in [3.63, 3.8) is 0 Å². The molecule has 0 bridgehead atoms. The van der Waals surface area contributed by atoms with E-state index in [-0.39, 0.29) is 5.54 Å². The first-order valence-electron chi connectivity index (χ1n) is 10.0. The SMILES string of the molecule is CC(C)(C)n1nc(C2CCOCC2)nc1-c1ccccc1N1CCOCC1. The van der Waals surface area contributed by atoms with E-state index in [4.69, 9.17) is 19.6 Å². The lowest BCUT2D eigenvalue weighted by molar-refractivity contribution is 0.0834. The summed E-state index contributed by atoms with van der Waals surface area (Å²) in [4.78, 5) is 7.46. The molecule has 6 nitrogen and oxygen atoms in total. The minimum absolute atomic E-state index is 0.135. The van der Waals surface area contributed by atoms with Crippen LogP contribution in [0.4, 0.5) is 5.69 Å². The third-order valence-electron chi connectivity index (χ3n) is 5.34. The first-order chi connectivity index (χ1) is 13.0. The molecule has 146 valence electrons. The highest BCUT2D eigenvalue weighted by Crippen LogP contribution is 2.35. The van der Waals surface area contributed by atoms with E-state index < -0.39 is 0 Å². The summed E-state index contributed by atoms with van der Waals surface area (Å²) >= 11 is 0. The fourth-order valence-corrected chi connectivity index (χ4v) is 3.84. The zero-order chi connectivity index (χ0) is 18.9. The molecule has 0 aliphatic carbocycles. The van der Waals surface area contributed by atoms with Crippen molar-refractivity contribution in [1.82, 2.24) is 14.8 Å².